The van der Waals surface area contributed by atoms with Crippen LogP contribution in [-0.2, 0) is 33.1 Å². The van der Waals surface area contributed by atoms with Crippen LogP contribution in [0.2, 0.25) is 0 Å². The molecule has 0 radical (unpaired) electrons. The van der Waals surface area contributed by atoms with Crippen molar-refractivity contribution in [1.29, 1.82) is 0 Å². The van der Waals surface area contributed by atoms with E-state index in [0.717, 1.165) is 25.7 Å². The molecule has 0 aliphatic rings. The van der Waals surface area contributed by atoms with Gasteiger partial charge in [-0.2, -0.15) is 0 Å². The van der Waals surface area contributed by atoms with E-state index in [2.05, 4.69) is 13.8 Å². The summed E-state index contributed by atoms with van der Waals surface area (Å²) < 4.78 is 68.3. The Labute approximate surface area is 610 Å². The molecule has 0 aliphatic heterocycles. The van der Waals surface area contributed by atoms with Crippen molar-refractivity contribution in [1.82, 2.24) is 0 Å². The van der Waals surface area contributed by atoms with Crippen LogP contribution in [0.15, 0.2) is 58.3 Å². The number of rotatable bonds is 74. The Bertz CT molecular complexity index is 1920. The maximum absolute atomic E-state index is 11.4. The fourth-order valence-electron chi connectivity index (χ4n) is 14.4. The van der Waals surface area contributed by atoms with Crippen LogP contribution in [0.25, 0.3) is 0 Å². The quantitative estimate of drug-likeness (QED) is 0.0370. The number of hydrogen-bond acceptors (Lipinski definition) is 6. The van der Waals surface area contributed by atoms with E-state index in [9.17, 15) is 25.9 Å². The van der Waals surface area contributed by atoms with Crippen molar-refractivity contribution in [3.63, 3.8) is 0 Å². The second-order valence-electron chi connectivity index (χ2n) is 29.7. The second kappa shape index (κ2) is 74.2. The van der Waals surface area contributed by atoms with Gasteiger partial charge in [-0.25, -0.2) is 16.8 Å². The van der Waals surface area contributed by atoms with Gasteiger partial charge in [-0.05, 0) is 48.9 Å². The second-order valence-corrected chi connectivity index (χ2v) is 32.4. The Hall–Kier alpha value is -0.974. The van der Waals surface area contributed by atoms with Crippen LogP contribution in [0.1, 0.15) is 474 Å². The molecule has 0 atom stereocenters. The molecule has 0 amide bonds. The number of benzene rings is 2. The minimum absolute atomic E-state index is 0. The van der Waals surface area contributed by atoms with Crippen molar-refractivity contribution in [2.24, 2.45) is 0 Å². The van der Waals surface area contributed by atoms with E-state index in [4.69, 9.17) is 0 Å². The van der Waals surface area contributed by atoms with Crippen molar-refractivity contribution >= 4 is 43.3 Å². The fraction of sp³-hybridized carbons (Fsp3) is 0.860. The van der Waals surface area contributed by atoms with E-state index >= 15 is 0 Å². The summed E-state index contributed by atoms with van der Waals surface area (Å²) >= 11 is 0. The summed E-state index contributed by atoms with van der Waals surface area (Å²) in [6.07, 6.45) is 99.8. The standard InChI is InChI=1S/2C43H80O3S.Mg/c2*1-2-3-4-5-6-7-8-9-10-11-12-13-14-15-16-17-18-19-20-21-22-23-24-25-26-27-28-29-30-31-32-33-34-35-36-39-42-40-37-38-41-43(42)47(44,45)46;/h2*37-38,40-41H,2-36,39H2,1H3,(H,44,45,46);/q;;+2/p-2. The monoisotopic (exact) mass is 1380 g/mol. The average molecular weight is 1380 g/mol. The Morgan fingerprint density at radius 3 is 0.442 bits per heavy atom. The Kier molecular flexibility index (Phi) is 73.5. The zero-order valence-electron chi connectivity index (χ0n) is 63.5. The van der Waals surface area contributed by atoms with Crippen LogP contribution in [0, 0.1) is 0 Å². The normalized spacial score (nSPS) is 11.7. The van der Waals surface area contributed by atoms with Crippen molar-refractivity contribution < 1.29 is 25.9 Å². The van der Waals surface area contributed by atoms with Crippen LogP contribution in [0.3, 0.4) is 0 Å². The van der Waals surface area contributed by atoms with Gasteiger partial charge in [0.05, 0.1) is 9.79 Å². The van der Waals surface area contributed by atoms with E-state index < -0.39 is 20.2 Å². The van der Waals surface area contributed by atoms with Crippen LogP contribution in [-0.4, -0.2) is 49.0 Å². The zero-order chi connectivity index (χ0) is 67.9. The predicted octanol–water partition coefficient (Wildman–Crippen LogP) is 29.2. The van der Waals surface area contributed by atoms with Gasteiger partial charge >= 0.3 is 23.1 Å². The van der Waals surface area contributed by atoms with E-state index in [0.29, 0.717) is 24.0 Å². The minimum atomic E-state index is -4.37. The molecule has 6 nitrogen and oxygen atoms in total. The fourth-order valence-corrected chi connectivity index (χ4v) is 15.8. The molecule has 0 saturated carbocycles. The summed E-state index contributed by atoms with van der Waals surface area (Å²) in [5, 5.41) is 0. The van der Waals surface area contributed by atoms with Gasteiger partial charge in [0, 0.05) is 0 Å². The molecule has 0 fully saturated rings. The first kappa shape index (κ1) is 94.0. The van der Waals surface area contributed by atoms with E-state index in [1.165, 1.54) is 436 Å². The molecular weight excluding hydrogens is 1220 g/mol. The van der Waals surface area contributed by atoms with Gasteiger partial charge in [0.25, 0.3) is 0 Å². The van der Waals surface area contributed by atoms with Crippen molar-refractivity contribution in [2.75, 3.05) is 0 Å². The van der Waals surface area contributed by atoms with Crippen LogP contribution >= 0.6 is 0 Å². The average Bonchev–Trinajstić information content (AvgIpc) is 0.896. The summed E-state index contributed by atoms with van der Waals surface area (Å²) in [5.74, 6) is 0. The molecule has 2 rings (SSSR count). The first-order chi connectivity index (χ1) is 46.1. The molecule has 9 heteroatoms. The molecule has 2 aromatic carbocycles. The summed E-state index contributed by atoms with van der Waals surface area (Å²) in [7, 11) is -8.73. The van der Waals surface area contributed by atoms with Gasteiger partial charge in [0.15, 0.2) is 0 Å². The van der Waals surface area contributed by atoms with Crippen molar-refractivity contribution in [2.45, 2.75) is 486 Å². The van der Waals surface area contributed by atoms with Gasteiger partial charge in [0.1, 0.15) is 20.2 Å². The zero-order valence-corrected chi connectivity index (χ0v) is 66.6. The molecule has 95 heavy (non-hydrogen) atoms. The third-order valence-corrected chi connectivity index (χ3v) is 22.5. The molecule has 0 aliphatic carbocycles. The van der Waals surface area contributed by atoms with Crippen LogP contribution in [0.5, 0.6) is 0 Å². The third kappa shape index (κ3) is 67.3. The molecule has 0 spiro atoms. The van der Waals surface area contributed by atoms with E-state index in [1.54, 1.807) is 24.3 Å². The van der Waals surface area contributed by atoms with E-state index in [-0.39, 0.29) is 32.8 Å². The molecule has 552 valence electrons. The Balaban J connectivity index is 0.00000184. The van der Waals surface area contributed by atoms with Crippen molar-refractivity contribution in [3.8, 4) is 0 Å². The summed E-state index contributed by atoms with van der Waals surface area (Å²) in [6, 6.07) is 13.3. The van der Waals surface area contributed by atoms with Gasteiger partial charge in [-0.1, -0.05) is 487 Å². The third-order valence-electron chi connectivity index (χ3n) is 20.6. The number of aryl methyl sites for hydroxylation is 2. The van der Waals surface area contributed by atoms with Gasteiger partial charge < -0.3 is 9.11 Å². The Morgan fingerprint density at radius 1 is 0.200 bits per heavy atom. The maximum atomic E-state index is 11.4. The SMILES string of the molecule is CCCCCCCCCCCCCCCCCCCCCCCCCCCCCCCCCCCCCc1ccccc1S(=O)(=O)[O-].CCCCCCCCCCCCCCCCCCCCCCCCCCCCCCCCCCCCCc1ccccc1S(=O)(=O)[O-].[Mg+2]. The first-order valence-electron chi connectivity index (χ1n) is 42.2. The number of unbranched alkanes of at least 4 members (excludes halogenated alkanes) is 68. The van der Waals surface area contributed by atoms with E-state index in [1.807, 2.05) is 12.1 Å². The molecule has 0 saturated heterocycles. The maximum Gasteiger partial charge on any atom is 2.00 e. The smallest absolute Gasteiger partial charge is 0.744 e. The molecule has 0 N–H and O–H groups in total. The first-order valence-corrected chi connectivity index (χ1v) is 45.0. The van der Waals surface area contributed by atoms with Gasteiger partial charge in [-0.15, -0.1) is 0 Å². The molecule has 0 heterocycles. The van der Waals surface area contributed by atoms with Crippen molar-refractivity contribution in [3.05, 3.63) is 59.7 Å². The van der Waals surface area contributed by atoms with Gasteiger partial charge in [-0.3, -0.25) is 0 Å². The largest absolute Gasteiger partial charge is 2.00 e. The van der Waals surface area contributed by atoms with Crippen LogP contribution < -0.4 is 0 Å². The molecular formula is C86H158MgO6S2. The van der Waals surface area contributed by atoms with Crippen LogP contribution in [0.4, 0.5) is 0 Å². The summed E-state index contributed by atoms with van der Waals surface area (Å²) in [4.78, 5) is -0.0812. The summed E-state index contributed by atoms with van der Waals surface area (Å²) in [6.45, 7) is 4.60. The minimum Gasteiger partial charge on any atom is -0.744 e. The van der Waals surface area contributed by atoms with Gasteiger partial charge in [0.2, 0.25) is 0 Å². The molecule has 2 aromatic rings. The predicted molar refractivity (Wildman–Crippen MR) is 417 cm³/mol. The topological polar surface area (TPSA) is 114 Å². The number of hydrogen-bond donors (Lipinski definition) is 0. The molecule has 0 unspecified atom stereocenters. The molecule has 0 aromatic heterocycles. The Morgan fingerprint density at radius 2 is 0.316 bits per heavy atom. The molecule has 0 bridgehead atoms. The summed E-state index contributed by atoms with van der Waals surface area (Å²) in [5.41, 5.74) is 1.35.